The summed E-state index contributed by atoms with van der Waals surface area (Å²) in [5.41, 5.74) is 1.31. The molecule has 3 nitrogen and oxygen atoms in total. The normalized spacial score (nSPS) is 29.2. The highest BCUT2D eigenvalue weighted by Gasteiger charge is 2.43. The molecule has 1 saturated carbocycles. The first-order valence-electron chi connectivity index (χ1n) is 6.76. The fraction of sp³-hybridized carbons (Fsp3) is 0.786. The fourth-order valence-electron chi connectivity index (χ4n) is 2.83. The van der Waals surface area contributed by atoms with Crippen LogP contribution in [0.4, 0.5) is 0 Å². The van der Waals surface area contributed by atoms with Crippen molar-refractivity contribution in [2.45, 2.75) is 57.3 Å². The van der Waals surface area contributed by atoms with E-state index in [1.54, 1.807) is 0 Å². The highest BCUT2D eigenvalue weighted by molar-refractivity contribution is 6.72. The van der Waals surface area contributed by atoms with Gasteiger partial charge in [-0.1, -0.05) is 19.9 Å². The summed E-state index contributed by atoms with van der Waals surface area (Å²) in [7, 11) is -2.21. The summed E-state index contributed by atoms with van der Waals surface area (Å²) in [5.74, 6) is 0.574. The number of carbonyl (C=O) groups is 1. The third-order valence-corrected chi connectivity index (χ3v) is 8.28. The molecule has 2 aliphatic rings. The number of carbonyl (C=O) groups excluding carboxylic acids is 1. The lowest BCUT2D eigenvalue weighted by molar-refractivity contribution is -0.123. The van der Waals surface area contributed by atoms with E-state index in [4.69, 9.17) is 4.74 Å². The fourth-order valence-corrected chi connectivity index (χ4v) is 3.58. The van der Waals surface area contributed by atoms with Crippen molar-refractivity contribution in [2.75, 3.05) is 6.61 Å². The summed E-state index contributed by atoms with van der Waals surface area (Å²) in [6.07, 6.45) is 4.22. The smallest absolute Gasteiger partial charge is 0.188 e. The van der Waals surface area contributed by atoms with Crippen molar-refractivity contribution >= 4 is 14.1 Å². The zero-order chi connectivity index (χ0) is 13.6. The Labute approximate surface area is 110 Å². The molecule has 1 aliphatic carbocycles. The zero-order valence-electron chi connectivity index (χ0n) is 11.8. The van der Waals surface area contributed by atoms with E-state index in [0.717, 1.165) is 6.42 Å². The van der Waals surface area contributed by atoms with Crippen LogP contribution in [-0.4, -0.2) is 31.6 Å². The van der Waals surface area contributed by atoms with Crippen LogP contribution in [0.3, 0.4) is 0 Å². The molecular formula is C14H24O3Si. The van der Waals surface area contributed by atoms with Crippen LogP contribution in [0, 0.1) is 5.92 Å². The van der Waals surface area contributed by atoms with Gasteiger partial charge in [-0.15, -0.1) is 0 Å². The maximum atomic E-state index is 11.8. The number of ketones is 1. The van der Waals surface area contributed by atoms with Gasteiger partial charge in [-0.05, 0) is 36.0 Å². The van der Waals surface area contributed by atoms with Gasteiger partial charge >= 0.3 is 0 Å². The molecule has 1 N–H and O–H groups in total. The molecule has 1 fully saturated rings. The molecule has 0 aromatic carbocycles. The molecular weight excluding hydrogens is 244 g/mol. The van der Waals surface area contributed by atoms with E-state index in [0.29, 0.717) is 25.2 Å². The molecule has 0 aromatic rings. The molecule has 0 saturated heterocycles. The van der Waals surface area contributed by atoms with Crippen molar-refractivity contribution in [3.05, 3.63) is 11.6 Å². The lowest BCUT2D eigenvalue weighted by atomic mass is 9.77. The van der Waals surface area contributed by atoms with Crippen LogP contribution in [0.25, 0.3) is 0 Å². The predicted molar refractivity (Wildman–Crippen MR) is 73.9 cm³/mol. The third kappa shape index (κ3) is 2.60. The Balaban J connectivity index is 2.15. The SMILES string of the molecule is CC(C)(C[C@@H]1CC(=O)C[C@H]2OCC=C12)[Si](C)(C)O. The minimum Gasteiger partial charge on any atom is -0.432 e. The number of Topliss-reactive ketones (excluding diaryl/α,β-unsaturated/α-hetero) is 1. The molecule has 0 bridgehead atoms. The Bertz CT molecular complexity index is 379. The van der Waals surface area contributed by atoms with Crippen molar-refractivity contribution in [3.8, 4) is 0 Å². The Morgan fingerprint density at radius 2 is 2.11 bits per heavy atom. The molecule has 102 valence electrons. The van der Waals surface area contributed by atoms with Crippen molar-refractivity contribution < 1.29 is 14.3 Å². The van der Waals surface area contributed by atoms with Crippen LogP contribution in [0.15, 0.2) is 11.6 Å². The van der Waals surface area contributed by atoms with E-state index in [9.17, 15) is 9.59 Å². The first-order chi connectivity index (χ1) is 8.21. The predicted octanol–water partition coefficient (Wildman–Crippen LogP) is 2.66. The Morgan fingerprint density at radius 1 is 1.44 bits per heavy atom. The highest BCUT2D eigenvalue weighted by Crippen LogP contribution is 2.47. The molecule has 0 spiro atoms. The van der Waals surface area contributed by atoms with Gasteiger partial charge in [0.25, 0.3) is 0 Å². The van der Waals surface area contributed by atoms with Gasteiger partial charge in [0.15, 0.2) is 8.32 Å². The van der Waals surface area contributed by atoms with E-state index in [1.165, 1.54) is 5.57 Å². The number of hydrogen-bond donors (Lipinski definition) is 1. The molecule has 0 aromatic heterocycles. The third-order valence-electron chi connectivity index (χ3n) is 4.76. The van der Waals surface area contributed by atoms with Gasteiger partial charge in [0.2, 0.25) is 0 Å². The van der Waals surface area contributed by atoms with Gasteiger partial charge in [-0.25, -0.2) is 0 Å². The molecule has 0 radical (unpaired) electrons. The maximum Gasteiger partial charge on any atom is 0.188 e. The Morgan fingerprint density at radius 3 is 2.72 bits per heavy atom. The second-order valence-corrected chi connectivity index (χ2v) is 11.3. The molecule has 1 heterocycles. The minimum absolute atomic E-state index is 0.0236. The van der Waals surface area contributed by atoms with Gasteiger partial charge in [-0.3, -0.25) is 4.79 Å². The summed E-state index contributed by atoms with van der Waals surface area (Å²) in [6, 6.07) is 0. The topological polar surface area (TPSA) is 46.5 Å². The maximum absolute atomic E-state index is 11.8. The zero-order valence-corrected chi connectivity index (χ0v) is 12.8. The quantitative estimate of drug-likeness (QED) is 0.632. The van der Waals surface area contributed by atoms with Gasteiger partial charge in [0.1, 0.15) is 5.78 Å². The van der Waals surface area contributed by atoms with Gasteiger partial charge in [-0.2, -0.15) is 0 Å². The average Bonchev–Trinajstić information content (AvgIpc) is 2.62. The van der Waals surface area contributed by atoms with E-state index in [2.05, 4.69) is 19.9 Å². The lowest BCUT2D eigenvalue weighted by Gasteiger charge is -2.40. The van der Waals surface area contributed by atoms with E-state index >= 15 is 0 Å². The molecule has 0 unspecified atom stereocenters. The summed E-state index contributed by atoms with van der Waals surface area (Å²) in [6.45, 7) is 8.86. The summed E-state index contributed by atoms with van der Waals surface area (Å²) in [4.78, 5) is 22.2. The summed E-state index contributed by atoms with van der Waals surface area (Å²) in [5, 5.41) is -0.0801. The van der Waals surface area contributed by atoms with Crippen LogP contribution in [-0.2, 0) is 9.53 Å². The lowest BCUT2D eigenvalue weighted by Crippen LogP contribution is -2.41. The molecule has 18 heavy (non-hydrogen) atoms. The Hall–Kier alpha value is -0.453. The summed E-state index contributed by atoms with van der Waals surface area (Å²) >= 11 is 0. The van der Waals surface area contributed by atoms with Gasteiger partial charge in [0.05, 0.1) is 12.7 Å². The monoisotopic (exact) mass is 268 g/mol. The van der Waals surface area contributed by atoms with Crippen LogP contribution in [0.5, 0.6) is 0 Å². The van der Waals surface area contributed by atoms with Crippen LogP contribution < -0.4 is 0 Å². The van der Waals surface area contributed by atoms with Gasteiger partial charge in [0, 0.05) is 12.8 Å². The highest BCUT2D eigenvalue weighted by atomic mass is 28.4. The number of fused-ring (bicyclic) bond motifs is 1. The van der Waals surface area contributed by atoms with Crippen molar-refractivity contribution in [3.63, 3.8) is 0 Å². The van der Waals surface area contributed by atoms with Crippen molar-refractivity contribution in [1.82, 2.24) is 0 Å². The average molecular weight is 268 g/mol. The number of rotatable bonds is 3. The second-order valence-electron chi connectivity index (χ2n) is 6.82. The number of ether oxygens (including phenoxy) is 1. The van der Waals surface area contributed by atoms with E-state index < -0.39 is 8.32 Å². The largest absolute Gasteiger partial charge is 0.432 e. The summed E-state index contributed by atoms with van der Waals surface area (Å²) < 4.78 is 5.59. The Kier molecular flexibility index (Phi) is 3.55. The molecule has 2 rings (SSSR count). The van der Waals surface area contributed by atoms with Crippen molar-refractivity contribution in [2.24, 2.45) is 5.92 Å². The minimum atomic E-state index is -2.21. The van der Waals surface area contributed by atoms with Crippen LogP contribution >= 0.6 is 0 Å². The molecule has 1 aliphatic heterocycles. The van der Waals surface area contributed by atoms with Crippen molar-refractivity contribution in [1.29, 1.82) is 0 Å². The standard InChI is InChI=1S/C14H24O3Si/c1-14(2,18(3,4)16)9-10-7-11(15)8-13-12(10)5-6-17-13/h5,10,13,16H,6-9H2,1-4H3/t10-,13+/m0/s1. The van der Waals surface area contributed by atoms with E-state index in [-0.39, 0.29) is 17.1 Å². The first kappa shape index (κ1) is 14.0. The molecule has 0 amide bonds. The first-order valence-corrected chi connectivity index (χ1v) is 9.71. The molecule has 2 atom stereocenters. The number of hydrogen-bond acceptors (Lipinski definition) is 3. The van der Waals surface area contributed by atoms with Crippen LogP contribution in [0.2, 0.25) is 18.1 Å². The molecule has 4 heteroatoms. The van der Waals surface area contributed by atoms with E-state index in [1.807, 2.05) is 13.1 Å². The van der Waals surface area contributed by atoms with Crippen LogP contribution in [0.1, 0.15) is 33.1 Å². The second kappa shape index (κ2) is 4.58. The van der Waals surface area contributed by atoms with Gasteiger partial charge < -0.3 is 9.53 Å².